The van der Waals surface area contributed by atoms with Gasteiger partial charge in [0.05, 0.1) is 7.11 Å². The topological polar surface area (TPSA) is 69.3 Å². The molecule has 29 heavy (non-hydrogen) atoms. The number of hydrogen-bond acceptors (Lipinski definition) is 4. The number of nitrogens with zero attached hydrogens (tertiary/aromatic N) is 2. The zero-order valence-electron chi connectivity index (χ0n) is 16.3. The van der Waals surface area contributed by atoms with Crippen molar-refractivity contribution in [2.45, 2.75) is 13.0 Å². The average Bonchev–Trinajstić information content (AvgIpc) is 3.29. The molecule has 2 heterocycles. The van der Waals surface area contributed by atoms with Gasteiger partial charge in [-0.2, -0.15) is 0 Å². The molecule has 0 bridgehead atoms. The van der Waals surface area contributed by atoms with E-state index in [9.17, 15) is 9.18 Å². The van der Waals surface area contributed by atoms with Crippen LogP contribution in [0, 0.1) is 12.7 Å². The molecule has 1 amide bonds. The maximum absolute atomic E-state index is 13.4. The third-order valence-corrected chi connectivity index (χ3v) is 4.95. The minimum atomic E-state index is -0.565. The van der Waals surface area contributed by atoms with E-state index in [1.165, 1.54) is 12.1 Å². The highest BCUT2D eigenvalue weighted by atomic mass is 19.1. The number of aromatic nitrogens is 2. The van der Waals surface area contributed by atoms with Gasteiger partial charge in [0.1, 0.15) is 29.0 Å². The fraction of sp³-hybridized carbons (Fsp3) is 0.182. The number of carbonyl (C=O) groups excluding carboxylic acids is 1. The first-order chi connectivity index (χ1) is 14.0. The zero-order chi connectivity index (χ0) is 20.5. The molecule has 4 aromatic rings. The van der Waals surface area contributed by atoms with E-state index in [-0.39, 0.29) is 17.5 Å². The van der Waals surface area contributed by atoms with E-state index in [0.29, 0.717) is 22.7 Å². The van der Waals surface area contributed by atoms with E-state index in [1.807, 2.05) is 30.7 Å². The van der Waals surface area contributed by atoms with Crippen molar-refractivity contribution in [2.75, 3.05) is 7.11 Å². The molecule has 2 aromatic heterocycles. The van der Waals surface area contributed by atoms with Crippen LogP contribution in [-0.2, 0) is 7.05 Å². The molecular weight excluding hydrogens is 373 g/mol. The fourth-order valence-electron chi connectivity index (χ4n) is 3.35. The number of hydrogen-bond donors (Lipinski definition) is 1. The first-order valence-corrected chi connectivity index (χ1v) is 9.08. The van der Waals surface area contributed by atoms with Crippen molar-refractivity contribution in [1.29, 1.82) is 0 Å². The van der Waals surface area contributed by atoms with Crippen molar-refractivity contribution in [3.63, 3.8) is 0 Å². The quantitative estimate of drug-likeness (QED) is 0.553. The van der Waals surface area contributed by atoms with Gasteiger partial charge in [0.15, 0.2) is 5.76 Å². The Bertz CT molecular complexity index is 1180. The summed E-state index contributed by atoms with van der Waals surface area (Å²) in [5.41, 5.74) is 2.02. The summed E-state index contributed by atoms with van der Waals surface area (Å²) in [4.78, 5) is 17.5. The van der Waals surface area contributed by atoms with Crippen LogP contribution in [0.4, 0.5) is 4.39 Å². The summed E-state index contributed by atoms with van der Waals surface area (Å²) in [6, 6.07) is 10.8. The Labute approximate surface area is 166 Å². The van der Waals surface area contributed by atoms with Crippen LogP contribution in [0.1, 0.15) is 33.5 Å². The Morgan fingerprint density at radius 2 is 2.00 bits per heavy atom. The number of benzene rings is 2. The van der Waals surface area contributed by atoms with Crippen LogP contribution in [0.5, 0.6) is 5.75 Å². The minimum Gasteiger partial charge on any atom is -0.497 e. The number of furan rings is 1. The van der Waals surface area contributed by atoms with E-state index >= 15 is 0 Å². The van der Waals surface area contributed by atoms with Gasteiger partial charge in [-0.1, -0.05) is 12.1 Å². The Kier molecular flexibility index (Phi) is 4.80. The second kappa shape index (κ2) is 7.43. The molecule has 0 aliphatic rings. The van der Waals surface area contributed by atoms with Gasteiger partial charge in [0, 0.05) is 36.5 Å². The number of rotatable bonds is 5. The number of nitrogens with one attached hydrogen (secondary N) is 1. The van der Waals surface area contributed by atoms with E-state index in [1.54, 1.807) is 37.7 Å². The van der Waals surface area contributed by atoms with Crippen molar-refractivity contribution in [3.8, 4) is 5.75 Å². The number of amides is 1. The molecule has 0 saturated heterocycles. The Hall–Kier alpha value is -3.61. The molecule has 0 saturated carbocycles. The van der Waals surface area contributed by atoms with Crippen LogP contribution in [0.25, 0.3) is 11.0 Å². The Morgan fingerprint density at radius 1 is 1.24 bits per heavy atom. The summed E-state index contributed by atoms with van der Waals surface area (Å²) in [7, 11) is 3.41. The SMILES string of the molecule is COc1ccc2c(C)c(C(=O)N[C@H](c3ccc(F)cc3)c3nccn3C)oc2c1. The van der Waals surface area contributed by atoms with Crippen LogP contribution in [-0.4, -0.2) is 22.6 Å². The summed E-state index contributed by atoms with van der Waals surface area (Å²) in [6.45, 7) is 1.83. The second-order valence-corrected chi connectivity index (χ2v) is 6.77. The lowest BCUT2D eigenvalue weighted by Gasteiger charge is -2.18. The highest BCUT2D eigenvalue weighted by molar-refractivity contribution is 5.99. The number of aryl methyl sites for hydroxylation is 2. The molecule has 0 unspecified atom stereocenters. The number of carbonyl (C=O) groups is 1. The molecule has 1 atom stereocenters. The maximum atomic E-state index is 13.4. The predicted molar refractivity (Wildman–Crippen MR) is 106 cm³/mol. The van der Waals surface area contributed by atoms with E-state index < -0.39 is 6.04 Å². The number of imidazole rings is 1. The monoisotopic (exact) mass is 393 g/mol. The lowest BCUT2D eigenvalue weighted by molar-refractivity contribution is 0.0914. The molecule has 0 aliphatic carbocycles. The van der Waals surface area contributed by atoms with E-state index in [2.05, 4.69) is 10.3 Å². The first kappa shape index (κ1) is 18.7. The van der Waals surface area contributed by atoms with Gasteiger partial charge in [-0.05, 0) is 36.8 Å². The lowest BCUT2D eigenvalue weighted by Crippen LogP contribution is -2.31. The maximum Gasteiger partial charge on any atom is 0.288 e. The van der Waals surface area contributed by atoms with Gasteiger partial charge in [-0.3, -0.25) is 4.79 Å². The van der Waals surface area contributed by atoms with Gasteiger partial charge in [0.2, 0.25) is 0 Å². The zero-order valence-corrected chi connectivity index (χ0v) is 16.3. The molecule has 0 aliphatic heterocycles. The smallest absolute Gasteiger partial charge is 0.288 e. The molecule has 7 heteroatoms. The molecule has 2 aromatic carbocycles. The number of methoxy groups -OCH3 is 1. The second-order valence-electron chi connectivity index (χ2n) is 6.77. The minimum absolute atomic E-state index is 0.217. The van der Waals surface area contributed by atoms with Crippen molar-refractivity contribution in [1.82, 2.24) is 14.9 Å². The van der Waals surface area contributed by atoms with Gasteiger partial charge in [-0.15, -0.1) is 0 Å². The predicted octanol–water partition coefficient (Wildman–Crippen LogP) is 4.14. The summed E-state index contributed by atoms with van der Waals surface area (Å²) < 4.78 is 26.3. The van der Waals surface area contributed by atoms with E-state index in [0.717, 1.165) is 10.9 Å². The highest BCUT2D eigenvalue weighted by Crippen LogP contribution is 2.29. The third-order valence-electron chi connectivity index (χ3n) is 4.95. The van der Waals surface area contributed by atoms with Gasteiger partial charge >= 0.3 is 0 Å². The molecule has 0 fully saturated rings. The van der Waals surface area contributed by atoms with Crippen LogP contribution in [0.3, 0.4) is 0 Å². The summed E-state index contributed by atoms with van der Waals surface area (Å²) in [6.07, 6.45) is 3.44. The molecule has 0 spiro atoms. The summed E-state index contributed by atoms with van der Waals surface area (Å²) in [5.74, 6) is 0.765. The molecule has 148 valence electrons. The summed E-state index contributed by atoms with van der Waals surface area (Å²) in [5, 5.41) is 3.81. The van der Waals surface area contributed by atoms with Crippen LogP contribution >= 0.6 is 0 Å². The lowest BCUT2D eigenvalue weighted by atomic mass is 10.1. The normalized spacial score (nSPS) is 12.1. The third kappa shape index (κ3) is 3.47. The van der Waals surface area contributed by atoms with Crippen LogP contribution in [0.2, 0.25) is 0 Å². The standard InChI is InChI=1S/C22H20FN3O3/c1-13-17-9-8-16(28-3)12-18(17)29-20(13)22(27)25-19(21-24-10-11-26(21)2)14-4-6-15(23)7-5-14/h4-12,19H,1-3H3,(H,25,27)/t19-/m1/s1. The Balaban J connectivity index is 1.72. The average molecular weight is 393 g/mol. The van der Waals surface area contributed by atoms with Crippen molar-refractivity contribution >= 4 is 16.9 Å². The molecule has 0 radical (unpaired) electrons. The van der Waals surface area contributed by atoms with Crippen LogP contribution in [0.15, 0.2) is 59.3 Å². The van der Waals surface area contributed by atoms with Crippen molar-refractivity contribution in [3.05, 3.63) is 83.4 Å². The number of halogens is 1. The largest absolute Gasteiger partial charge is 0.497 e. The fourth-order valence-corrected chi connectivity index (χ4v) is 3.35. The van der Waals surface area contributed by atoms with Gasteiger partial charge in [0.25, 0.3) is 5.91 Å². The summed E-state index contributed by atoms with van der Waals surface area (Å²) >= 11 is 0. The Morgan fingerprint density at radius 3 is 2.66 bits per heavy atom. The van der Waals surface area contributed by atoms with E-state index in [4.69, 9.17) is 9.15 Å². The first-order valence-electron chi connectivity index (χ1n) is 9.08. The van der Waals surface area contributed by atoms with Gasteiger partial charge in [-0.25, -0.2) is 9.37 Å². The number of fused-ring (bicyclic) bond motifs is 1. The van der Waals surface area contributed by atoms with Gasteiger partial charge < -0.3 is 19.0 Å². The molecular formula is C22H20FN3O3. The highest BCUT2D eigenvalue weighted by Gasteiger charge is 2.25. The van der Waals surface area contributed by atoms with Crippen molar-refractivity contribution < 1.29 is 18.3 Å². The molecule has 6 nitrogen and oxygen atoms in total. The van der Waals surface area contributed by atoms with Crippen LogP contribution < -0.4 is 10.1 Å². The number of ether oxygens (including phenoxy) is 1. The molecule has 1 N–H and O–H groups in total. The molecule has 4 rings (SSSR count). The van der Waals surface area contributed by atoms with Crippen molar-refractivity contribution in [2.24, 2.45) is 7.05 Å².